The van der Waals surface area contributed by atoms with E-state index in [0.717, 1.165) is 18.6 Å². The van der Waals surface area contributed by atoms with E-state index < -0.39 is 11.6 Å². The minimum absolute atomic E-state index is 0. The average Bonchev–Trinajstić information content (AvgIpc) is 2.69. The molecule has 0 saturated carbocycles. The normalized spacial score (nSPS) is 18.7. The first kappa shape index (κ1) is 15.6. The van der Waals surface area contributed by atoms with Crippen molar-refractivity contribution in [1.82, 2.24) is 4.90 Å². The van der Waals surface area contributed by atoms with Gasteiger partial charge in [-0.05, 0) is 41.1 Å². The van der Waals surface area contributed by atoms with Crippen LogP contribution in [0, 0.1) is 15.2 Å². The number of rotatable bonds is 1. The lowest BCUT2D eigenvalue weighted by atomic mass is 10.2. The van der Waals surface area contributed by atoms with E-state index >= 15 is 0 Å². The highest BCUT2D eigenvalue weighted by molar-refractivity contribution is 14.1. The van der Waals surface area contributed by atoms with E-state index in [1.54, 1.807) is 4.90 Å². The number of benzene rings is 1. The monoisotopic (exact) mass is 388 g/mol. The molecule has 0 spiro atoms. The zero-order valence-electron chi connectivity index (χ0n) is 9.33. The molecule has 1 atom stereocenters. The molecule has 1 aliphatic heterocycles. The number of hydrogen-bond donors (Lipinski definition) is 1. The first-order valence-corrected chi connectivity index (χ1v) is 6.26. The third kappa shape index (κ3) is 3.10. The Labute approximate surface area is 123 Å². The first-order chi connectivity index (χ1) is 7.99. The van der Waals surface area contributed by atoms with E-state index in [1.165, 1.54) is 0 Å². The summed E-state index contributed by atoms with van der Waals surface area (Å²) in [4.78, 5) is 13.6. The van der Waals surface area contributed by atoms with Crippen molar-refractivity contribution in [1.29, 1.82) is 0 Å². The molecule has 1 saturated heterocycles. The quantitative estimate of drug-likeness (QED) is 0.592. The molecule has 7 heteroatoms. The lowest BCUT2D eigenvalue weighted by molar-refractivity contribution is 0.0789. The lowest BCUT2D eigenvalue weighted by Gasteiger charge is -2.16. The number of carbonyl (C=O) groups excluding carboxylic acids is 1. The van der Waals surface area contributed by atoms with Gasteiger partial charge in [-0.2, -0.15) is 0 Å². The summed E-state index contributed by atoms with van der Waals surface area (Å²) in [5.41, 5.74) is 5.90. The van der Waals surface area contributed by atoms with Crippen LogP contribution in [0.25, 0.3) is 0 Å². The molecule has 0 unspecified atom stereocenters. The number of likely N-dealkylation sites (tertiary alicyclic amines) is 1. The summed E-state index contributed by atoms with van der Waals surface area (Å²) in [6, 6.07) is 1.95. The number of amides is 1. The van der Waals surface area contributed by atoms with Gasteiger partial charge in [0, 0.05) is 22.7 Å². The van der Waals surface area contributed by atoms with E-state index in [-0.39, 0.29) is 29.9 Å². The van der Waals surface area contributed by atoms with E-state index in [4.69, 9.17) is 5.73 Å². The number of halogens is 4. The zero-order chi connectivity index (χ0) is 12.6. The van der Waals surface area contributed by atoms with Crippen LogP contribution in [0.4, 0.5) is 8.78 Å². The first-order valence-electron chi connectivity index (χ1n) is 5.18. The van der Waals surface area contributed by atoms with E-state index in [9.17, 15) is 13.6 Å². The molecule has 0 radical (unpaired) electrons. The van der Waals surface area contributed by atoms with Crippen LogP contribution in [-0.2, 0) is 0 Å². The Morgan fingerprint density at radius 1 is 1.39 bits per heavy atom. The van der Waals surface area contributed by atoms with Gasteiger partial charge < -0.3 is 10.6 Å². The van der Waals surface area contributed by atoms with Gasteiger partial charge >= 0.3 is 0 Å². The summed E-state index contributed by atoms with van der Waals surface area (Å²) in [6.07, 6.45) is 0.742. The molecule has 1 aliphatic rings. The van der Waals surface area contributed by atoms with Crippen LogP contribution < -0.4 is 5.73 Å². The summed E-state index contributed by atoms with van der Waals surface area (Å²) >= 11 is 1.82. The molecule has 0 aromatic heterocycles. The highest BCUT2D eigenvalue weighted by Crippen LogP contribution is 2.20. The number of nitrogens with two attached hydrogens (primary N) is 1. The van der Waals surface area contributed by atoms with Crippen LogP contribution in [-0.4, -0.2) is 29.9 Å². The van der Waals surface area contributed by atoms with Gasteiger partial charge in [-0.1, -0.05) is 0 Å². The minimum Gasteiger partial charge on any atom is -0.337 e. The molecule has 100 valence electrons. The number of nitrogens with zero attached hydrogens (tertiary/aromatic N) is 1. The molecule has 3 nitrogen and oxygen atoms in total. The van der Waals surface area contributed by atoms with Crippen LogP contribution >= 0.6 is 35.0 Å². The topological polar surface area (TPSA) is 46.3 Å². The summed E-state index contributed by atoms with van der Waals surface area (Å²) in [6.45, 7) is 1.03. The third-order valence-corrected chi connectivity index (χ3v) is 3.64. The fourth-order valence-electron chi connectivity index (χ4n) is 1.83. The SMILES string of the molecule is Cl.N[C@@H]1CCN(C(=O)c2cc(F)c(F)cc2I)C1. The van der Waals surface area contributed by atoms with Crippen LogP contribution in [0.1, 0.15) is 16.8 Å². The van der Waals surface area contributed by atoms with Gasteiger partial charge in [0.15, 0.2) is 11.6 Å². The van der Waals surface area contributed by atoms with Crippen LogP contribution in [0.3, 0.4) is 0 Å². The van der Waals surface area contributed by atoms with E-state index in [2.05, 4.69) is 0 Å². The van der Waals surface area contributed by atoms with Gasteiger partial charge in [0.1, 0.15) is 0 Å². The molecule has 1 fully saturated rings. The van der Waals surface area contributed by atoms with Gasteiger partial charge in [-0.3, -0.25) is 4.79 Å². The van der Waals surface area contributed by atoms with Crippen LogP contribution in [0.15, 0.2) is 12.1 Å². The van der Waals surface area contributed by atoms with Gasteiger partial charge in [-0.25, -0.2) is 8.78 Å². The Morgan fingerprint density at radius 2 is 2.00 bits per heavy atom. The molecule has 18 heavy (non-hydrogen) atoms. The Kier molecular flexibility index (Phi) is 5.30. The van der Waals surface area contributed by atoms with E-state index in [1.807, 2.05) is 22.6 Å². The lowest BCUT2D eigenvalue weighted by Crippen LogP contribution is -2.32. The standard InChI is InChI=1S/C11H11F2IN2O.ClH/c12-8-3-7(10(14)4-9(8)13)11(17)16-2-1-6(15)5-16;/h3-4,6H,1-2,5,15H2;1H/t6-;/m1./s1. The Morgan fingerprint density at radius 3 is 2.56 bits per heavy atom. The Balaban J connectivity index is 0.00000162. The predicted octanol–water partition coefficient (Wildman–Crippen LogP) is 2.16. The van der Waals surface area contributed by atoms with Gasteiger partial charge in [0.2, 0.25) is 0 Å². The third-order valence-electron chi connectivity index (χ3n) is 2.75. The highest BCUT2D eigenvalue weighted by atomic mass is 127. The minimum atomic E-state index is -1.00. The average molecular weight is 389 g/mol. The van der Waals surface area contributed by atoms with Crippen molar-refractivity contribution < 1.29 is 13.6 Å². The second-order valence-electron chi connectivity index (χ2n) is 4.05. The van der Waals surface area contributed by atoms with Gasteiger partial charge in [0.05, 0.1) is 5.56 Å². The molecular formula is C11H12ClF2IN2O. The maximum atomic E-state index is 13.1. The molecule has 1 aromatic rings. The molecule has 2 N–H and O–H groups in total. The maximum absolute atomic E-state index is 13.1. The second kappa shape index (κ2) is 6.12. The van der Waals surface area contributed by atoms with Crippen molar-refractivity contribution in [2.45, 2.75) is 12.5 Å². The van der Waals surface area contributed by atoms with E-state index in [0.29, 0.717) is 16.7 Å². The van der Waals surface area contributed by atoms with Gasteiger partial charge in [-0.15, -0.1) is 12.4 Å². The summed E-state index contributed by atoms with van der Waals surface area (Å²) in [5, 5.41) is 0. The fourth-order valence-corrected chi connectivity index (χ4v) is 2.49. The molecule has 0 aliphatic carbocycles. The molecular weight excluding hydrogens is 376 g/mol. The summed E-state index contributed by atoms with van der Waals surface area (Å²) < 4.78 is 26.5. The Hall–Kier alpha value is -0.470. The van der Waals surface area contributed by atoms with Crippen molar-refractivity contribution in [2.75, 3.05) is 13.1 Å². The second-order valence-corrected chi connectivity index (χ2v) is 5.21. The molecule has 1 amide bonds. The number of hydrogen-bond acceptors (Lipinski definition) is 2. The predicted molar refractivity (Wildman–Crippen MR) is 74.8 cm³/mol. The molecule has 1 heterocycles. The zero-order valence-corrected chi connectivity index (χ0v) is 12.3. The van der Waals surface area contributed by atoms with Crippen molar-refractivity contribution in [3.63, 3.8) is 0 Å². The largest absolute Gasteiger partial charge is 0.337 e. The van der Waals surface area contributed by atoms with Crippen LogP contribution in [0.5, 0.6) is 0 Å². The maximum Gasteiger partial charge on any atom is 0.255 e. The summed E-state index contributed by atoms with van der Waals surface area (Å²) in [5.74, 6) is -2.23. The highest BCUT2D eigenvalue weighted by Gasteiger charge is 2.26. The van der Waals surface area contributed by atoms with Crippen molar-refractivity contribution in [2.24, 2.45) is 5.73 Å². The van der Waals surface area contributed by atoms with Crippen LogP contribution in [0.2, 0.25) is 0 Å². The number of carbonyl (C=O) groups is 1. The fraction of sp³-hybridized carbons (Fsp3) is 0.364. The van der Waals surface area contributed by atoms with Gasteiger partial charge in [0.25, 0.3) is 5.91 Å². The van der Waals surface area contributed by atoms with Crippen molar-refractivity contribution in [3.8, 4) is 0 Å². The molecule has 1 aromatic carbocycles. The Bertz CT molecular complexity index is 473. The molecule has 0 bridgehead atoms. The van der Waals surface area contributed by atoms with Crippen molar-refractivity contribution >= 4 is 40.9 Å². The molecule has 2 rings (SSSR count). The van der Waals surface area contributed by atoms with Crippen molar-refractivity contribution in [3.05, 3.63) is 32.9 Å². The summed E-state index contributed by atoms with van der Waals surface area (Å²) in [7, 11) is 0. The smallest absolute Gasteiger partial charge is 0.255 e.